The zero-order valence-electron chi connectivity index (χ0n) is 16.1. The number of nitrogens with zero attached hydrogens (tertiary/aromatic N) is 1. The Kier molecular flexibility index (Phi) is 5.81. The van der Waals surface area contributed by atoms with Gasteiger partial charge in [0.25, 0.3) is 0 Å². The smallest absolute Gasteiger partial charge is 0.124 e. The maximum atomic E-state index is 6.29. The molecule has 2 aromatic rings. The van der Waals surface area contributed by atoms with Gasteiger partial charge in [-0.1, -0.05) is 19.3 Å². The lowest BCUT2D eigenvalue weighted by atomic mass is 10.0. The van der Waals surface area contributed by atoms with Crippen LogP contribution in [0, 0.1) is 6.92 Å². The zero-order chi connectivity index (χ0) is 17.8. The molecule has 1 fully saturated rings. The Hall–Kier alpha value is -1.52. The van der Waals surface area contributed by atoms with Crippen molar-refractivity contribution in [3.8, 4) is 5.75 Å². The summed E-state index contributed by atoms with van der Waals surface area (Å²) in [6.07, 6.45) is 11.0. The van der Waals surface area contributed by atoms with Gasteiger partial charge >= 0.3 is 0 Å². The molecule has 0 atom stereocenters. The van der Waals surface area contributed by atoms with Crippen molar-refractivity contribution < 1.29 is 9.47 Å². The fraction of sp³-hybridized carbons (Fsp3) is 0.636. The number of hydrogen-bond donors (Lipinski definition) is 1. The van der Waals surface area contributed by atoms with E-state index in [0.717, 1.165) is 57.9 Å². The Labute approximate surface area is 156 Å². The van der Waals surface area contributed by atoms with Crippen LogP contribution >= 0.6 is 0 Å². The van der Waals surface area contributed by atoms with Crippen molar-refractivity contribution in [3.63, 3.8) is 0 Å². The molecule has 1 saturated heterocycles. The molecular weight excluding hydrogens is 324 g/mol. The summed E-state index contributed by atoms with van der Waals surface area (Å²) < 4.78 is 12.4. The van der Waals surface area contributed by atoms with Crippen molar-refractivity contribution in [1.82, 2.24) is 9.88 Å². The fourth-order valence-electron chi connectivity index (χ4n) is 4.35. The SMILES string of the molecule is Cc1cc2c(c3cc[nH]c13)CN1CCC(CC1)OCCCCCCCO2. The van der Waals surface area contributed by atoms with Crippen molar-refractivity contribution in [3.05, 3.63) is 29.5 Å². The van der Waals surface area contributed by atoms with Crippen LogP contribution in [0.1, 0.15) is 56.1 Å². The quantitative estimate of drug-likeness (QED) is 0.737. The van der Waals surface area contributed by atoms with Crippen LogP contribution in [0.25, 0.3) is 10.9 Å². The van der Waals surface area contributed by atoms with E-state index in [0.29, 0.717) is 6.10 Å². The van der Waals surface area contributed by atoms with Gasteiger partial charge in [-0.15, -0.1) is 0 Å². The summed E-state index contributed by atoms with van der Waals surface area (Å²) in [5.41, 5.74) is 3.86. The van der Waals surface area contributed by atoms with E-state index in [4.69, 9.17) is 9.47 Å². The van der Waals surface area contributed by atoms with Gasteiger partial charge in [0.15, 0.2) is 0 Å². The molecule has 0 saturated carbocycles. The number of aromatic nitrogens is 1. The van der Waals surface area contributed by atoms with Crippen LogP contribution in [0.15, 0.2) is 18.3 Å². The predicted molar refractivity (Wildman–Crippen MR) is 106 cm³/mol. The van der Waals surface area contributed by atoms with Gasteiger partial charge in [-0.3, -0.25) is 4.90 Å². The molecule has 3 aliphatic heterocycles. The lowest BCUT2D eigenvalue weighted by molar-refractivity contribution is 0.00407. The summed E-state index contributed by atoms with van der Waals surface area (Å²) in [6, 6.07) is 4.44. The van der Waals surface area contributed by atoms with Gasteiger partial charge < -0.3 is 14.5 Å². The lowest BCUT2D eigenvalue weighted by Crippen LogP contribution is -2.36. The molecule has 0 aliphatic carbocycles. The molecule has 3 aliphatic rings. The van der Waals surface area contributed by atoms with Gasteiger partial charge in [0.05, 0.1) is 12.7 Å². The molecule has 4 nitrogen and oxygen atoms in total. The number of H-pyrrole nitrogens is 1. The molecule has 0 radical (unpaired) electrons. The minimum absolute atomic E-state index is 0.458. The first kappa shape index (κ1) is 17.9. The van der Waals surface area contributed by atoms with Crippen LogP contribution in [0.4, 0.5) is 0 Å². The van der Waals surface area contributed by atoms with Crippen LogP contribution in [-0.4, -0.2) is 42.3 Å². The van der Waals surface area contributed by atoms with E-state index < -0.39 is 0 Å². The van der Waals surface area contributed by atoms with Crippen molar-refractivity contribution in [2.45, 2.75) is 64.5 Å². The summed E-state index contributed by atoms with van der Waals surface area (Å²) in [4.78, 5) is 5.97. The average Bonchev–Trinajstić information content (AvgIpc) is 3.14. The summed E-state index contributed by atoms with van der Waals surface area (Å²) in [5.74, 6) is 1.08. The molecule has 1 aromatic carbocycles. The van der Waals surface area contributed by atoms with E-state index in [2.05, 4.69) is 35.1 Å². The molecule has 0 amide bonds. The van der Waals surface area contributed by atoms with Crippen LogP contribution in [0.2, 0.25) is 0 Å². The second kappa shape index (κ2) is 8.45. The topological polar surface area (TPSA) is 37.5 Å². The van der Waals surface area contributed by atoms with Crippen LogP contribution in [0.3, 0.4) is 0 Å². The van der Waals surface area contributed by atoms with Crippen molar-refractivity contribution in [2.24, 2.45) is 0 Å². The summed E-state index contributed by atoms with van der Waals surface area (Å²) in [5, 5.41) is 1.32. The maximum Gasteiger partial charge on any atom is 0.124 e. The largest absolute Gasteiger partial charge is 0.493 e. The van der Waals surface area contributed by atoms with Gasteiger partial charge in [0, 0.05) is 48.9 Å². The Morgan fingerprint density at radius 3 is 2.65 bits per heavy atom. The predicted octanol–water partition coefficient (Wildman–Crippen LogP) is 4.80. The van der Waals surface area contributed by atoms with Crippen LogP contribution in [-0.2, 0) is 11.3 Å². The number of piperidine rings is 1. The number of aromatic amines is 1. The van der Waals surface area contributed by atoms with E-state index >= 15 is 0 Å². The van der Waals surface area contributed by atoms with Crippen molar-refractivity contribution in [1.29, 1.82) is 0 Å². The summed E-state index contributed by atoms with van der Waals surface area (Å²) in [7, 11) is 0. The number of fused-ring (bicyclic) bond motifs is 11. The third-order valence-corrected chi connectivity index (χ3v) is 5.93. The molecule has 4 heterocycles. The zero-order valence-corrected chi connectivity index (χ0v) is 16.1. The number of aryl methyl sites for hydroxylation is 1. The minimum atomic E-state index is 0.458. The maximum absolute atomic E-state index is 6.29. The highest BCUT2D eigenvalue weighted by molar-refractivity contribution is 5.88. The van der Waals surface area contributed by atoms with Gasteiger partial charge in [-0.2, -0.15) is 0 Å². The van der Waals surface area contributed by atoms with Crippen LogP contribution in [0.5, 0.6) is 5.75 Å². The van der Waals surface area contributed by atoms with Gasteiger partial charge in [-0.05, 0) is 50.3 Å². The Morgan fingerprint density at radius 2 is 1.81 bits per heavy atom. The van der Waals surface area contributed by atoms with E-state index in [9.17, 15) is 0 Å². The number of benzene rings is 1. The van der Waals surface area contributed by atoms with Gasteiger partial charge in [0.2, 0.25) is 0 Å². The number of hydrogen-bond acceptors (Lipinski definition) is 3. The van der Waals surface area contributed by atoms with Crippen molar-refractivity contribution >= 4 is 10.9 Å². The highest BCUT2D eigenvalue weighted by Gasteiger charge is 2.22. The number of ether oxygens (including phenoxy) is 2. The monoisotopic (exact) mass is 356 g/mol. The molecule has 2 bridgehead atoms. The molecule has 5 rings (SSSR count). The Morgan fingerprint density at radius 1 is 1.04 bits per heavy atom. The molecule has 0 spiro atoms. The number of nitrogens with one attached hydrogen (secondary N) is 1. The second-order valence-corrected chi connectivity index (χ2v) is 7.90. The normalized spacial score (nSPS) is 25.7. The molecule has 1 aromatic heterocycles. The van der Waals surface area contributed by atoms with Gasteiger partial charge in [-0.25, -0.2) is 0 Å². The molecular formula is C22H32N2O2. The van der Waals surface area contributed by atoms with Gasteiger partial charge in [0.1, 0.15) is 5.75 Å². The summed E-state index contributed by atoms with van der Waals surface area (Å²) >= 11 is 0. The highest BCUT2D eigenvalue weighted by Crippen LogP contribution is 2.33. The third kappa shape index (κ3) is 4.07. The molecule has 0 unspecified atom stereocenters. The Balaban J connectivity index is 1.59. The second-order valence-electron chi connectivity index (χ2n) is 7.90. The minimum Gasteiger partial charge on any atom is -0.493 e. The fourth-order valence-corrected chi connectivity index (χ4v) is 4.35. The number of rotatable bonds is 0. The highest BCUT2D eigenvalue weighted by atomic mass is 16.5. The first-order valence-electron chi connectivity index (χ1n) is 10.4. The average molecular weight is 357 g/mol. The van der Waals surface area contributed by atoms with E-state index in [-0.39, 0.29) is 0 Å². The van der Waals surface area contributed by atoms with E-state index in [1.54, 1.807) is 0 Å². The van der Waals surface area contributed by atoms with Crippen molar-refractivity contribution in [2.75, 3.05) is 26.3 Å². The molecule has 26 heavy (non-hydrogen) atoms. The summed E-state index contributed by atoms with van der Waals surface area (Å²) in [6.45, 7) is 7.13. The molecule has 4 heteroatoms. The standard InChI is InChI=1S/C22H32N2O2/c1-17-15-21-20(19-7-10-23-22(17)19)16-24-11-8-18(9-12-24)25-13-5-3-2-4-6-14-26-21/h7,10,15,18,23H,2-6,8-9,11-14,16H2,1H3. The van der Waals surface area contributed by atoms with E-state index in [1.165, 1.54) is 47.7 Å². The molecule has 142 valence electrons. The first-order chi connectivity index (χ1) is 12.8. The lowest BCUT2D eigenvalue weighted by Gasteiger charge is -2.32. The third-order valence-electron chi connectivity index (χ3n) is 5.93. The van der Waals surface area contributed by atoms with E-state index in [1.807, 2.05) is 0 Å². The first-order valence-corrected chi connectivity index (χ1v) is 10.4. The Bertz CT molecular complexity index is 716. The van der Waals surface area contributed by atoms with Crippen LogP contribution < -0.4 is 4.74 Å². The molecule has 1 N–H and O–H groups in total.